The van der Waals surface area contributed by atoms with Gasteiger partial charge in [-0.25, -0.2) is 9.59 Å². The summed E-state index contributed by atoms with van der Waals surface area (Å²) in [6, 6.07) is 18.2. The van der Waals surface area contributed by atoms with E-state index in [-0.39, 0.29) is 18.2 Å². The SMILES string of the molecule is CC(C)(C)OC(=O)N1CCC(OC(=O)/C=C/c2ccc(-c3ccccc3)cc2)CC1. The van der Waals surface area contributed by atoms with Crippen LogP contribution in [0, 0.1) is 0 Å². The first-order chi connectivity index (χ1) is 14.3. The normalized spacial score (nSPS) is 15.2. The fraction of sp³-hybridized carbons (Fsp3) is 0.360. The summed E-state index contributed by atoms with van der Waals surface area (Å²) in [5.41, 5.74) is 2.72. The number of ether oxygens (including phenoxy) is 2. The monoisotopic (exact) mass is 407 g/mol. The molecule has 1 aliphatic heterocycles. The van der Waals surface area contributed by atoms with Crippen LogP contribution in [-0.4, -0.2) is 41.8 Å². The molecule has 2 aromatic rings. The molecule has 0 N–H and O–H groups in total. The molecule has 0 bridgehead atoms. The Kier molecular flexibility index (Phi) is 6.93. The zero-order valence-corrected chi connectivity index (χ0v) is 17.8. The van der Waals surface area contributed by atoms with Crippen LogP contribution >= 0.6 is 0 Å². The number of hydrogen-bond donors (Lipinski definition) is 0. The van der Waals surface area contributed by atoms with Crippen molar-refractivity contribution in [2.75, 3.05) is 13.1 Å². The highest BCUT2D eigenvalue weighted by Crippen LogP contribution is 2.20. The highest BCUT2D eigenvalue weighted by molar-refractivity contribution is 5.87. The summed E-state index contributed by atoms with van der Waals surface area (Å²) in [6.07, 6.45) is 3.95. The van der Waals surface area contributed by atoms with Gasteiger partial charge in [-0.3, -0.25) is 0 Å². The first-order valence-electron chi connectivity index (χ1n) is 10.3. The predicted molar refractivity (Wildman–Crippen MR) is 118 cm³/mol. The van der Waals surface area contributed by atoms with Crippen molar-refractivity contribution in [1.29, 1.82) is 0 Å². The van der Waals surface area contributed by atoms with Crippen LogP contribution in [0.5, 0.6) is 0 Å². The van der Waals surface area contributed by atoms with E-state index in [1.807, 2.05) is 63.2 Å². The van der Waals surface area contributed by atoms with Crippen molar-refractivity contribution in [2.45, 2.75) is 45.3 Å². The maximum Gasteiger partial charge on any atom is 0.410 e. The number of carbonyl (C=O) groups excluding carboxylic acids is 2. The van der Waals surface area contributed by atoms with E-state index >= 15 is 0 Å². The second-order valence-corrected chi connectivity index (χ2v) is 8.43. The largest absolute Gasteiger partial charge is 0.459 e. The van der Waals surface area contributed by atoms with Crippen molar-refractivity contribution in [3.8, 4) is 11.1 Å². The first kappa shape index (κ1) is 21.6. The molecule has 30 heavy (non-hydrogen) atoms. The molecule has 0 aliphatic carbocycles. The molecular formula is C25H29NO4. The fourth-order valence-corrected chi connectivity index (χ4v) is 3.27. The van der Waals surface area contributed by atoms with Gasteiger partial charge >= 0.3 is 12.1 Å². The van der Waals surface area contributed by atoms with Gasteiger partial charge in [0, 0.05) is 32.0 Å². The number of benzene rings is 2. The van der Waals surface area contributed by atoms with E-state index in [0.717, 1.165) is 16.7 Å². The highest BCUT2D eigenvalue weighted by atomic mass is 16.6. The van der Waals surface area contributed by atoms with Crippen molar-refractivity contribution < 1.29 is 19.1 Å². The third kappa shape index (κ3) is 6.48. The molecule has 1 saturated heterocycles. The van der Waals surface area contributed by atoms with Crippen LogP contribution in [0.15, 0.2) is 60.7 Å². The van der Waals surface area contributed by atoms with Crippen LogP contribution in [0.4, 0.5) is 4.79 Å². The number of carbonyl (C=O) groups is 2. The van der Waals surface area contributed by atoms with E-state index in [4.69, 9.17) is 9.47 Å². The van der Waals surface area contributed by atoms with Crippen LogP contribution in [0.25, 0.3) is 17.2 Å². The Balaban J connectivity index is 1.46. The Morgan fingerprint density at radius 3 is 2.13 bits per heavy atom. The van der Waals surface area contributed by atoms with Crippen LogP contribution in [-0.2, 0) is 14.3 Å². The van der Waals surface area contributed by atoms with E-state index in [1.165, 1.54) is 6.08 Å². The Hall–Kier alpha value is -3.08. The maximum atomic E-state index is 12.2. The maximum absolute atomic E-state index is 12.2. The zero-order chi connectivity index (χ0) is 21.6. The Bertz CT molecular complexity index is 874. The Labute approximate surface area is 178 Å². The number of esters is 1. The average Bonchev–Trinajstić information content (AvgIpc) is 2.72. The molecule has 0 saturated carbocycles. The van der Waals surface area contributed by atoms with E-state index in [0.29, 0.717) is 25.9 Å². The molecule has 1 heterocycles. The molecule has 1 amide bonds. The van der Waals surface area contributed by atoms with Gasteiger partial charge < -0.3 is 14.4 Å². The fourth-order valence-electron chi connectivity index (χ4n) is 3.27. The van der Waals surface area contributed by atoms with Gasteiger partial charge in [0.25, 0.3) is 0 Å². The van der Waals surface area contributed by atoms with Gasteiger partial charge in [0.2, 0.25) is 0 Å². The minimum atomic E-state index is -0.509. The molecule has 0 aromatic heterocycles. The molecule has 0 radical (unpaired) electrons. The third-order valence-corrected chi connectivity index (χ3v) is 4.81. The molecule has 0 spiro atoms. The van der Waals surface area contributed by atoms with Gasteiger partial charge in [0.1, 0.15) is 11.7 Å². The van der Waals surface area contributed by atoms with Crippen molar-refractivity contribution in [3.05, 3.63) is 66.2 Å². The number of piperidine rings is 1. The lowest BCUT2D eigenvalue weighted by molar-refractivity contribution is -0.144. The number of likely N-dealkylation sites (tertiary alicyclic amines) is 1. The number of hydrogen-bond acceptors (Lipinski definition) is 4. The molecule has 3 rings (SSSR count). The summed E-state index contributed by atoms with van der Waals surface area (Å²) in [6.45, 7) is 6.60. The molecule has 158 valence electrons. The topological polar surface area (TPSA) is 55.8 Å². The van der Waals surface area contributed by atoms with Crippen LogP contribution in [0.1, 0.15) is 39.2 Å². The van der Waals surface area contributed by atoms with Gasteiger partial charge in [-0.1, -0.05) is 54.6 Å². The molecular weight excluding hydrogens is 378 g/mol. The molecule has 5 nitrogen and oxygen atoms in total. The van der Waals surface area contributed by atoms with E-state index < -0.39 is 5.60 Å². The minimum Gasteiger partial charge on any atom is -0.459 e. The highest BCUT2D eigenvalue weighted by Gasteiger charge is 2.28. The first-order valence-corrected chi connectivity index (χ1v) is 10.3. The van der Waals surface area contributed by atoms with Crippen LogP contribution < -0.4 is 0 Å². The van der Waals surface area contributed by atoms with Crippen molar-refractivity contribution in [2.24, 2.45) is 0 Å². The second kappa shape index (κ2) is 9.61. The van der Waals surface area contributed by atoms with E-state index in [1.54, 1.807) is 11.0 Å². The Morgan fingerprint density at radius 1 is 0.933 bits per heavy atom. The Morgan fingerprint density at radius 2 is 1.53 bits per heavy atom. The molecule has 0 unspecified atom stereocenters. The molecule has 0 atom stereocenters. The molecule has 5 heteroatoms. The number of rotatable bonds is 4. The quantitative estimate of drug-likeness (QED) is 0.509. The van der Waals surface area contributed by atoms with Crippen LogP contribution in [0.2, 0.25) is 0 Å². The van der Waals surface area contributed by atoms with Crippen molar-refractivity contribution in [3.63, 3.8) is 0 Å². The summed E-state index contributed by atoms with van der Waals surface area (Å²) < 4.78 is 10.9. The predicted octanol–water partition coefficient (Wildman–Crippen LogP) is 5.31. The average molecular weight is 408 g/mol. The second-order valence-electron chi connectivity index (χ2n) is 8.43. The molecule has 2 aromatic carbocycles. The van der Waals surface area contributed by atoms with Gasteiger partial charge in [-0.15, -0.1) is 0 Å². The summed E-state index contributed by atoms with van der Waals surface area (Å²) in [5.74, 6) is -0.363. The van der Waals surface area contributed by atoms with Crippen molar-refractivity contribution in [1.82, 2.24) is 4.90 Å². The zero-order valence-electron chi connectivity index (χ0n) is 17.8. The third-order valence-electron chi connectivity index (χ3n) is 4.81. The van der Waals surface area contributed by atoms with Gasteiger partial charge in [-0.05, 0) is 43.5 Å². The summed E-state index contributed by atoms with van der Waals surface area (Å²) in [7, 11) is 0. The molecule has 1 fully saturated rings. The number of amides is 1. The summed E-state index contributed by atoms with van der Waals surface area (Å²) >= 11 is 0. The van der Waals surface area contributed by atoms with E-state index in [9.17, 15) is 9.59 Å². The lowest BCUT2D eigenvalue weighted by Gasteiger charge is -2.33. The minimum absolute atomic E-state index is 0.179. The van der Waals surface area contributed by atoms with Gasteiger partial charge in [0.15, 0.2) is 0 Å². The summed E-state index contributed by atoms with van der Waals surface area (Å²) in [4.78, 5) is 25.9. The lowest BCUT2D eigenvalue weighted by atomic mass is 10.0. The lowest BCUT2D eigenvalue weighted by Crippen LogP contribution is -2.43. The van der Waals surface area contributed by atoms with E-state index in [2.05, 4.69) is 12.1 Å². The van der Waals surface area contributed by atoms with Crippen LogP contribution in [0.3, 0.4) is 0 Å². The number of nitrogens with zero attached hydrogens (tertiary/aromatic N) is 1. The van der Waals surface area contributed by atoms with Gasteiger partial charge in [-0.2, -0.15) is 0 Å². The smallest absolute Gasteiger partial charge is 0.410 e. The molecule has 1 aliphatic rings. The van der Waals surface area contributed by atoms with Crippen molar-refractivity contribution >= 4 is 18.1 Å². The van der Waals surface area contributed by atoms with Gasteiger partial charge in [0.05, 0.1) is 0 Å². The standard InChI is InChI=1S/C25H29NO4/c1-25(2,3)30-24(28)26-17-15-22(16-18-26)29-23(27)14-11-19-9-12-21(13-10-19)20-7-5-4-6-8-20/h4-14,22H,15-18H2,1-3H3/b14-11+. The summed E-state index contributed by atoms with van der Waals surface area (Å²) in [5, 5.41) is 0.